The van der Waals surface area contributed by atoms with Crippen LogP contribution in [0.4, 0.5) is 4.39 Å². The van der Waals surface area contributed by atoms with E-state index in [4.69, 9.17) is 4.42 Å². The first-order chi connectivity index (χ1) is 8.83. The second-order valence-corrected chi connectivity index (χ2v) is 4.92. The Kier molecular flexibility index (Phi) is 3.13. The summed E-state index contributed by atoms with van der Waals surface area (Å²) in [6, 6.07) is 6.26. The first kappa shape index (κ1) is 11.5. The lowest BCUT2D eigenvalue weighted by atomic mass is 9.87. The maximum absolute atomic E-state index is 12.8. The Bertz CT molecular complexity index is 512. The molecule has 1 aromatic heterocycles. The number of hydrogen-bond donors (Lipinski definition) is 0. The maximum atomic E-state index is 12.8. The molecule has 0 spiro atoms. The molecular formula is C15H16FNO. The third-order valence-corrected chi connectivity index (χ3v) is 3.64. The number of nitrogens with zero attached hydrogens (tertiary/aromatic N) is 1. The molecule has 1 heterocycles. The summed E-state index contributed by atoms with van der Waals surface area (Å²) in [6.45, 7) is 0. The summed E-state index contributed by atoms with van der Waals surface area (Å²) in [5.41, 5.74) is 1.88. The lowest BCUT2D eigenvalue weighted by molar-refractivity contribution is 0.435. The standard InChI is InChI=1S/C15H16FNO/c16-13-8-6-12(7-9-13)15-17-14(10-18-15)11-4-2-1-3-5-11/h6-11H,1-5H2. The van der Waals surface area contributed by atoms with Crippen molar-refractivity contribution in [1.29, 1.82) is 0 Å². The van der Waals surface area contributed by atoms with Crippen molar-refractivity contribution < 1.29 is 8.81 Å². The van der Waals surface area contributed by atoms with Crippen LogP contribution in [0.25, 0.3) is 11.5 Å². The van der Waals surface area contributed by atoms with Gasteiger partial charge in [-0.3, -0.25) is 0 Å². The van der Waals surface area contributed by atoms with Crippen molar-refractivity contribution >= 4 is 0 Å². The second-order valence-electron chi connectivity index (χ2n) is 4.92. The molecule has 3 rings (SSSR count). The van der Waals surface area contributed by atoms with Gasteiger partial charge in [0.2, 0.25) is 5.89 Å². The SMILES string of the molecule is Fc1ccc(-c2nc(C3CCCCC3)co2)cc1. The fourth-order valence-electron chi connectivity index (χ4n) is 2.60. The molecule has 1 aromatic carbocycles. The Labute approximate surface area is 106 Å². The molecule has 0 unspecified atom stereocenters. The van der Waals surface area contributed by atoms with E-state index in [-0.39, 0.29) is 5.82 Å². The number of aromatic nitrogens is 1. The molecule has 0 saturated heterocycles. The average molecular weight is 245 g/mol. The van der Waals surface area contributed by atoms with Crippen LogP contribution in [0.1, 0.15) is 43.7 Å². The molecule has 1 aliphatic rings. The predicted octanol–water partition coefficient (Wildman–Crippen LogP) is 4.53. The van der Waals surface area contributed by atoms with E-state index in [1.54, 1.807) is 18.4 Å². The van der Waals surface area contributed by atoms with Crippen LogP contribution in [0.2, 0.25) is 0 Å². The van der Waals surface area contributed by atoms with Crippen LogP contribution in [0, 0.1) is 5.82 Å². The highest BCUT2D eigenvalue weighted by atomic mass is 19.1. The van der Waals surface area contributed by atoms with Gasteiger partial charge in [0.1, 0.15) is 12.1 Å². The highest BCUT2D eigenvalue weighted by Crippen LogP contribution is 2.33. The van der Waals surface area contributed by atoms with Crippen LogP contribution >= 0.6 is 0 Å². The molecule has 0 bridgehead atoms. The lowest BCUT2D eigenvalue weighted by Gasteiger charge is -2.18. The molecule has 0 amide bonds. The summed E-state index contributed by atoms with van der Waals surface area (Å²) in [6.07, 6.45) is 8.06. The summed E-state index contributed by atoms with van der Waals surface area (Å²) in [5.74, 6) is 0.894. The minimum Gasteiger partial charge on any atom is -0.444 e. The van der Waals surface area contributed by atoms with Crippen molar-refractivity contribution in [3.05, 3.63) is 42.0 Å². The lowest BCUT2D eigenvalue weighted by Crippen LogP contribution is -2.04. The molecule has 2 nitrogen and oxygen atoms in total. The fourth-order valence-corrected chi connectivity index (χ4v) is 2.60. The van der Waals surface area contributed by atoms with E-state index in [2.05, 4.69) is 4.98 Å². The van der Waals surface area contributed by atoms with Crippen molar-refractivity contribution in [2.24, 2.45) is 0 Å². The molecule has 3 heteroatoms. The van der Waals surface area contributed by atoms with E-state index in [1.807, 2.05) is 0 Å². The van der Waals surface area contributed by atoms with Gasteiger partial charge < -0.3 is 4.42 Å². The van der Waals surface area contributed by atoms with Gasteiger partial charge in [-0.05, 0) is 37.1 Å². The second kappa shape index (κ2) is 4.92. The first-order valence-corrected chi connectivity index (χ1v) is 6.54. The Morgan fingerprint density at radius 1 is 1.06 bits per heavy atom. The van der Waals surface area contributed by atoms with E-state index in [0.717, 1.165) is 11.3 Å². The van der Waals surface area contributed by atoms with Crippen molar-refractivity contribution in [1.82, 2.24) is 4.98 Å². The van der Waals surface area contributed by atoms with Gasteiger partial charge in [0.25, 0.3) is 0 Å². The highest BCUT2D eigenvalue weighted by Gasteiger charge is 2.19. The zero-order chi connectivity index (χ0) is 12.4. The molecule has 1 aliphatic carbocycles. The van der Waals surface area contributed by atoms with Crippen LogP contribution < -0.4 is 0 Å². The molecule has 18 heavy (non-hydrogen) atoms. The number of halogens is 1. The van der Waals surface area contributed by atoms with E-state index in [9.17, 15) is 4.39 Å². The van der Waals surface area contributed by atoms with Gasteiger partial charge in [-0.15, -0.1) is 0 Å². The molecule has 0 aliphatic heterocycles. The van der Waals surface area contributed by atoms with E-state index in [1.165, 1.54) is 44.2 Å². The Hall–Kier alpha value is -1.64. The normalized spacial score (nSPS) is 16.9. The summed E-state index contributed by atoms with van der Waals surface area (Å²) < 4.78 is 18.4. The zero-order valence-electron chi connectivity index (χ0n) is 10.2. The van der Waals surface area contributed by atoms with Gasteiger partial charge in [-0.2, -0.15) is 0 Å². The molecule has 0 atom stereocenters. The summed E-state index contributed by atoms with van der Waals surface area (Å²) in [5, 5.41) is 0. The Morgan fingerprint density at radius 2 is 1.78 bits per heavy atom. The molecule has 0 N–H and O–H groups in total. The van der Waals surface area contributed by atoms with Crippen LogP contribution in [0.3, 0.4) is 0 Å². The molecule has 94 valence electrons. The molecule has 1 fully saturated rings. The Balaban J connectivity index is 1.82. The third kappa shape index (κ3) is 2.30. The fraction of sp³-hybridized carbons (Fsp3) is 0.400. The minimum absolute atomic E-state index is 0.238. The number of hydrogen-bond acceptors (Lipinski definition) is 2. The van der Waals surface area contributed by atoms with Gasteiger partial charge in [-0.25, -0.2) is 9.37 Å². The molecule has 1 saturated carbocycles. The molecular weight excluding hydrogens is 229 g/mol. The predicted molar refractivity (Wildman–Crippen MR) is 67.7 cm³/mol. The van der Waals surface area contributed by atoms with Gasteiger partial charge in [-0.1, -0.05) is 19.3 Å². The monoisotopic (exact) mass is 245 g/mol. The quantitative estimate of drug-likeness (QED) is 0.777. The number of rotatable bonds is 2. The van der Waals surface area contributed by atoms with Crippen LogP contribution in [0.5, 0.6) is 0 Å². The topological polar surface area (TPSA) is 26.0 Å². The molecule has 2 aromatic rings. The summed E-state index contributed by atoms with van der Waals surface area (Å²) in [7, 11) is 0. The molecule has 0 radical (unpaired) electrons. The Morgan fingerprint density at radius 3 is 2.50 bits per heavy atom. The van der Waals surface area contributed by atoms with Gasteiger partial charge in [0, 0.05) is 11.5 Å². The minimum atomic E-state index is -0.238. The van der Waals surface area contributed by atoms with Crippen molar-refractivity contribution in [2.45, 2.75) is 38.0 Å². The van der Waals surface area contributed by atoms with Crippen molar-refractivity contribution in [3.8, 4) is 11.5 Å². The average Bonchev–Trinajstić information content (AvgIpc) is 2.90. The van der Waals surface area contributed by atoms with Crippen molar-refractivity contribution in [2.75, 3.05) is 0 Å². The zero-order valence-corrected chi connectivity index (χ0v) is 10.2. The smallest absolute Gasteiger partial charge is 0.226 e. The maximum Gasteiger partial charge on any atom is 0.226 e. The van der Waals surface area contributed by atoms with Crippen molar-refractivity contribution in [3.63, 3.8) is 0 Å². The summed E-state index contributed by atoms with van der Waals surface area (Å²) in [4.78, 5) is 4.54. The van der Waals surface area contributed by atoms with E-state index in [0.29, 0.717) is 11.8 Å². The number of benzene rings is 1. The first-order valence-electron chi connectivity index (χ1n) is 6.54. The van der Waals surface area contributed by atoms with Crippen LogP contribution in [-0.4, -0.2) is 4.98 Å². The highest BCUT2D eigenvalue weighted by molar-refractivity contribution is 5.52. The van der Waals surface area contributed by atoms with Gasteiger partial charge >= 0.3 is 0 Å². The largest absolute Gasteiger partial charge is 0.444 e. The summed E-state index contributed by atoms with van der Waals surface area (Å²) >= 11 is 0. The third-order valence-electron chi connectivity index (χ3n) is 3.64. The van der Waals surface area contributed by atoms with Crippen LogP contribution in [0.15, 0.2) is 34.9 Å². The van der Waals surface area contributed by atoms with E-state index < -0.39 is 0 Å². The van der Waals surface area contributed by atoms with E-state index >= 15 is 0 Å². The van der Waals surface area contributed by atoms with Crippen LogP contribution in [-0.2, 0) is 0 Å². The van der Waals surface area contributed by atoms with Gasteiger partial charge in [0.15, 0.2) is 0 Å². The van der Waals surface area contributed by atoms with Gasteiger partial charge in [0.05, 0.1) is 5.69 Å². The number of oxazole rings is 1.